The van der Waals surface area contributed by atoms with Crippen LogP contribution in [0.1, 0.15) is 18.5 Å². The van der Waals surface area contributed by atoms with Crippen molar-refractivity contribution < 1.29 is 9.53 Å². The molecule has 4 rings (SSSR count). The van der Waals surface area contributed by atoms with E-state index in [-0.39, 0.29) is 29.0 Å². The van der Waals surface area contributed by atoms with Gasteiger partial charge in [0.25, 0.3) is 5.56 Å². The van der Waals surface area contributed by atoms with Crippen molar-refractivity contribution in [3.05, 3.63) is 46.4 Å². The van der Waals surface area contributed by atoms with E-state index in [0.29, 0.717) is 17.4 Å². The van der Waals surface area contributed by atoms with Crippen LogP contribution in [0, 0.1) is 6.92 Å². The van der Waals surface area contributed by atoms with E-state index in [9.17, 15) is 9.59 Å². The molecule has 3 heterocycles. The summed E-state index contributed by atoms with van der Waals surface area (Å²) in [6.07, 6.45) is 2.12. The number of rotatable bonds is 7. The van der Waals surface area contributed by atoms with Crippen LogP contribution in [0.3, 0.4) is 0 Å². The first-order valence-corrected chi connectivity index (χ1v) is 10.7. The van der Waals surface area contributed by atoms with E-state index in [4.69, 9.17) is 4.74 Å². The summed E-state index contributed by atoms with van der Waals surface area (Å²) in [4.78, 5) is 25.4. The number of tetrazole rings is 1. The molecule has 2 aromatic heterocycles. The first-order chi connectivity index (χ1) is 14.5. The van der Waals surface area contributed by atoms with Crippen molar-refractivity contribution in [3.63, 3.8) is 0 Å². The summed E-state index contributed by atoms with van der Waals surface area (Å²) in [5.74, 6) is -0.206. The largest absolute Gasteiger partial charge is 0.376 e. The minimum atomic E-state index is -0.294. The highest BCUT2D eigenvalue weighted by molar-refractivity contribution is 7.99. The fourth-order valence-corrected chi connectivity index (χ4v) is 4.10. The standard InChI is InChI=1S/C19H23N7O3S/c1-13-17(18(28)26(24(13)2)14-7-4-3-5-8-14)20-16(27)12-30-19-21-22-23-25(19)11-15-9-6-10-29-15/h3-5,7-8,15H,6,9-12H2,1-2H3,(H,20,27)/t15-/m1/s1. The fraction of sp³-hybridized carbons (Fsp3) is 0.421. The van der Waals surface area contributed by atoms with E-state index in [0.717, 1.165) is 25.1 Å². The van der Waals surface area contributed by atoms with Crippen LogP contribution in [0.5, 0.6) is 0 Å². The van der Waals surface area contributed by atoms with Crippen LogP contribution in [0.4, 0.5) is 5.69 Å². The van der Waals surface area contributed by atoms with Crippen molar-refractivity contribution in [2.45, 2.75) is 37.6 Å². The molecule has 3 aromatic rings. The van der Waals surface area contributed by atoms with Crippen LogP contribution < -0.4 is 10.9 Å². The molecule has 10 nitrogen and oxygen atoms in total. The molecule has 1 saturated heterocycles. The Labute approximate surface area is 177 Å². The maximum absolute atomic E-state index is 12.9. The zero-order valence-electron chi connectivity index (χ0n) is 16.8. The molecule has 0 aliphatic carbocycles. The lowest BCUT2D eigenvalue weighted by molar-refractivity contribution is -0.113. The zero-order chi connectivity index (χ0) is 21.1. The number of hydrogen-bond acceptors (Lipinski definition) is 7. The van der Waals surface area contributed by atoms with Gasteiger partial charge in [-0.1, -0.05) is 30.0 Å². The molecule has 0 bridgehead atoms. The molecule has 1 aromatic carbocycles. The average Bonchev–Trinajstić information content (AvgIpc) is 3.46. The third kappa shape index (κ3) is 4.17. The molecule has 0 radical (unpaired) electrons. The number of anilines is 1. The van der Waals surface area contributed by atoms with E-state index in [2.05, 4.69) is 20.8 Å². The number of nitrogens with one attached hydrogen (secondary N) is 1. The molecule has 1 fully saturated rings. The number of para-hydroxylation sites is 1. The summed E-state index contributed by atoms with van der Waals surface area (Å²) in [6, 6.07) is 9.29. The molecular formula is C19H23N7O3S. The van der Waals surface area contributed by atoms with E-state index < -0.39 is 0 Å². The zero-order valence-corrected chi connectivity index (χ0v) is 17.6. The van der Waals surface area contributed by atoms with Crippen LogP contribution in [0.2, 0.25) is 0 Å². The number of carbonyl (C=O) groups is 1. The Morgan fingerprint density at radius 3 is 2.87 bits per heavy atom. The maximum atomic E-state index is 12.9. The molecule has 30 heavy (non-hydrogen) atoms. The van der Waals surface area contributed by atoms with Crippen LogP contribution in [-0.4, -0.2) is 53.9 Å². The van der Waals surface area contributed by atoms with Gasteiger partial charge >= 0.3 is 0 Å². The Bertz CT molecular complexity index is 1080. The molecule has 158 valence electrons. The molecule has 0 spiro atoms. The highest BCUT2D eigenvalue weighted by atomic mass is 32.2. The highest BCUT2D eigenvalue weighted by Gasteiger charge is 2.21. The van der Waals surface area contributed by atoms with Gasteiger partial charge in [0.1, 0.15) is 5.69 Å². The van der Waals surface area contributed by atoms with E-state index in [1.165, 1.54) is 16.4 Å². The van der Waals surface area contributed by atoms with E-state index >= 15 is 0 Å². The van der Waals surface area contributed by atoms with Crippen molar-refractivity contribution in [3.8, 4) is 5.69 Å². The Morgan fingerprint density at radius 1 is 1.33 bits per heavy atom. The summed E-state index contributed by atoms with van der Waals surface area (Å²) in [5, 5.41) is 15.0. The number of hydrogen-bond donors (Lipinski definition) is 1. The summed E-state index contributed by atoms with van der Waals surface area (Å²) in [5.41, 5.74) is 1.40. The van der Waals surface area contributed by atoms with Gasteiger partial charge in [-0.05, 0) is 42.3 Å². The van der Waals surface area contributed by atoms with Crippen molar-refractivity contribution in [1.29, 1.82) is 0 Å². The summed E-state index contributed by atoms with van der Waals surface area (Å²) in [7, 11) is 1.79. The molecule has 0 saturated carbocycles. The molecular weight excluding hydrogens is 406 g/mol. The fourth-order valence-electron chi connectivity index (χ4n) is 3.41. The first kappa shape index (κ1) is 20.4. The van der Waals surface area contributed by atoms with Gasteiger partial charge in [-0.2, -0.15) is 0 Å². The number of benzene rings is 1. The van der Waals surface area contributed by atoms with Crippen molar-refractivity contribution >= 4 is 23.4 Å². The summed E-state index contributed by atoms with van der Waals surface area (Å²) in [6.45, 7) is 3.12. The Balaban J connectivity index is 1.43. The van der Waals surface area contributed by atoms with E-state index in [1.54, 1.807) is 23.3 Å². The maximum Gasteiger partial charge on any atom is 0.295 e. The number of thioether (sulfide) groups is 1. The predicted octanol–water partition coefficient (Wildman–Crippen LogP) is 1.38. The van der Waals surface area contributed by atoms with Crippen LogP contribution in [0.15, 0.2) is 40.3 Å². The third-order valence-corrected chi connectivity index (χ3v) is 6.01. The van der Waals surface area contributed by atoms with Gasteiger partial charge in [0.15, 0.2) is 0 Å². The lowest BCUT2D eigenvalue weighted by Gasteiger charge is -2.09. The molecule has 11 heteroatoms. The molecule has 1 aliphatic rings. The first-order valence-electron chi connectivity index (χ1n) is 9.69. The topological polar surface area (TPSA) is 109 Å². The van der Waals surface area contributed by atoms with Gasteiger partial charge in [-0.3, -0.25) is 14.3 Å². The molecule has 1 atom stereocenters. The minimum Gasteiger partial charge on any atom is -0.376 e. The van der Waals surface area contributed by atoms with Gasteiger partial charge in [0.2, 0.25) is 11.1 Å². The molecule has 1 amide bonds. The van der Waals surface area contributed by atoms with Gasteiger partial charge in [0.05, 0.1) is 29.8 Å². The number of ether oxygens (including phenoxy) is 1. The van der Waals surface area contributed by atoms with Crippen molar-refractivity contribution in [1.82, 2.24) is 29.6 Å². The molecule has 1 N–H and O–H groups in total. The lowest BCUT2D eigenvalue weighted by Crippen LogP contribution is -2.23. The number of carbonyl (C=O) groups excluding carboxylic acids is 1. The average molecular weight is 430 g/mol. The van der Waals surface area contributed by atoms with Gasteiger partial charge in [-0.25, -0.2) is 9.36 Å². The minimum absolute atomic E-state index is 0.0883. The molecule has 1 aliphatic heterocycles. The normalized spacial score (nSPS) is 16.1. The number of aromatic nitrogens is 6. The predicted molar refractivity (Wildman–Crippen MR) is 112 cm³/mol. The van der Waals surface area contributed by atoms with Gasteiger partial charge < -0.3 is 10.1 Å². The Kier molecular flexibility index (Phi) is 6.00. The summed E-state index contributed by atoms with van der Waals surface area (Å²) < 4.78 is 10.5. The lowest BCUT2D eigenvalue weighted by atomic mass is 10.2. The Morgan fingerprint density at radius 2 is 2.13 bits per heavy atom. The summed E-state index contributed by atoms with van der Waals surface area (Å²) >= 11 is 1.23. The van der Waals surface area contributed by atoms with Crippen molar-refractivity contribution in [2.24, 2.45) is 7.05 Å². The number of amides is 1. The van der Waals surface area contributed by atoms with Crippen LogP contribution >= 0.6 is 11.8 Å². The van der Waals surface area contributed by atoms with Crippen LogP contribution in [-0.2, 0) is 23.1 Å². The van der Waals surface area contributed by atoms with Crippen LogP contribution in [0.25, 0.3) is 5.69 Å². The third-order valence-electron chi connectivity index (χ3n) is 5.05. The second-order valence-electron chi connectivity index (χ2n) is 7.05. The molecule has 0 unspecified atom stereocenters. The van der Waals surface area contributed by atoms with Gasteiger partial charge in [0, 0.05) is 13.7 Å². The van der Waals surface area contributed by atoms with E-state index in [1.807, 2.05) is 30.3 Å². The van der Waals surface area contributed by atoms with Gasteiger partial charge in [-0.15, -0.1) is 5.10 Å². The Hall–Kier alpha value is -2.92. The smallest absolute Gasteiger partial charge is 0.295 e. The number of nitrogens with zero attached hydrogens (tertiary/aromatic N) is 6. The van der Waals surface area contributed by atoms with Crippen molar-refractivity contribution in [2.75, 3.05) is 17.7 Å². The second-order valence-corrected chi connectivity index (χ2v) is 7.99. The SMILES string of the molecule is Cc1c(NC(=O)CSc2nnnn2C[C@H]2CCCO2)c(=O)n(-c2ccccc2)n1C. The second kappa shape index (κ2) is 8.84. The highest BCUT2D eigenvalue weighted by Crippen LogP contribution is 2.19. The quantitative estimate of drug-likeness (QED) is 0.565. The monoisotopic (exact) mass is 429 g/mol.